The van der Waals surface area contributed by atoms with Crippen molar-refractivity contribution in [1.82, 2.24) is 0 Å². The minimum absolute atomic E-state index is 0.000880. The maximum Gasteiger partial charge on any atom is 0.337 e. The number of hydrogen-bond acceptors (Lipinski definition) is 10. The van der Waals surface area contributed by atoms with Crippen molar-refractivity contribution in [1.29, 1.82) is 0 Å². The van der Waals surface area contributed by atoms with Gasteiger partial charge in [-0.1, -0.05) is 12.1 Å². The van der Waals surface area contributed by atoms with Crippen LogP contribution in [0.25, 0.3) is 27.7 Å². The van der Waals surface area contributed by atoms with E-state index in [1.54, 1.807) is 24.3 Å². The summed E-state index contributed by atoms with van der Waals surface area (Å²) in [7, 11) is 1.50. The van der Waals surface area contributed by atoms with Crippen LogP contribution in [0, 0.1) is 0 Å². The first-order valence-electron chi connectivity index (χ1n) is 13.3. The third-order valence-electron chi connectivity index (χ3n) is 7.46. The van der Waals surface area contributed by atoms with Crippen LogP contribution in [0.3, 0.4) is 0 Å². The molecule has 0 radical (unpaired) electrons. The van der Waals surface area contributed by atoms with E-state index in [1.807, 2.05) is 12.1 Å². The number of phenolic OH excluding ortho intramolecular Hbond substituents is 2. The first-order chi connectivity index (χ1) is 20.8. The number of carbonyl (C=O) groups is 1. The van der Waals surface area contributed by atoms with Crippen molar-refractivity contribution in [3.8, 4) is 17.2 Å². The molecule has 1 unspecified atom stereocenters. The third kappa shape index (κ3) is 4.58. The highest BCUT2D eigenvalue weighted by molar-refractivity contribution is 5.94. The Labute approximate surface area is 242 Å². The highest BCUT2D eigenvalue weighted by Gasteiger charge is 2.36. The molecule has 214 valence electrons. The van der Waals surface area contributed by atoms with E-state index in [-0.39, 0.29) is 34.7 Å². The maximum atomic E-state index is 13.0. The van der Waals surface area contributed by atoms with Crippen molar-refractivity contribution < 1.29 is 38.1 Å². The fourth-order valence-electron chi connectivity index (χ4n) is 5.61. The van der Waals surface area contributed by atoms with Gasteiger partial charge >= 0.3 is 17.2 Å². The van der Waals surface area contributed by atoms with Crippen molar-refractivity contribution in [2.24, 2.45) is 0 Å². The molecule has 2 aliphatic heterocycles. The fourth-order valence-corrected chi connectivity index (χ4v) is 5.61. The summed E-state index contributed by atoms with van der Waals surface area (Å²) in [5.74, 6) is 0.219. The maximum absolute atomic E-state index is 13.0. The monoisotopic (exact) mass is 578 g/mol. The predicted octanol–water partition coefficient (Wildman–Crippen LogP) is 4.70. The summed E-state index contributed by atoms with van der Waals surface area (Å²) < 4.78 is 28.0. The summed E-state index contributed by atoms with van der Waals surface area (Å²) in [4.78, 5) is 37.4. The van der Waals surface area contributed by atoms with Gasteiger partial charge in [0.05, 0.1) is 23.6 Å². The van der Waals surface area contributed by atoms with Crippen LogP contribution >= 0.6 is 0 Å². The molecule has 5 aromatic rings. The summed E-state index contributed by atoms with van der Waals surface area (Å²) in [6.07, 6.45) is 0.903. The second kappa shape index (κ2) is 9.95. The van der Waals surface area contributed by atoms with Gasteiger partial charge in [0.15, 0.2) is 0 Å². The molecule has 3 aromatic carbocycles. The van der Waals surface area contributed by atoms with Crippen molar-refractivity contribution >= 4 is 33.7 Å². The quantitative estimate of drug-likeness (QED) is 0.222. The van der Waals surface area contributed by atoms with E-state index < -0.39 is 23.5 Å². The highest BCUT2D eigenvalue weighted by atomic mass is 16.7. The standard InChI is InChI=1S/C33H22O10/c1-39-31-22-10-16(9-18-14-29(37)41-27-4-2-3-24(35)30(18)27)5-7-26(22)42-33-23(31)12-19(32(38)43-33)11-17-13-28(36)40-25-8-6-20(34)15-21(17)25/h2-8,10,12-15,33-35H,9,11H2,1H3. The Bertz CT molecular complexity index is 2170. The zero-order valence-corrected chi connectivity index (χ0v) is 22.6. The molecule has 4 heterocycles. The topological polar surface area (TPSA) is 146 Å². The lowest BCUT2D eigenvalue weighted by atomic mass is 9.93. The Morgan fingerprint density at radius 1 is 0.814 bits per heavy atom. The number of rotatable bonds is 5. The number of aromatic hydroxyl groups is 2. The smallest absolute Gasteiger partial charge is 0.337 e. The number of benzene rings is 3. The highest BCUT2D eigenvalue weighted by Crippen LogP contribution is 2.41. The second-order valence-corrected chi connectivity index (χ2v) is 10.2. The van der Waals surface area contributed by atoms with E-state index in [0.717, 1.165) is 5.56 Å². The number of esters is 1. The molecule has 0 aliphatic carbocycles. The molecule has 0 saturated carbocycles. The number of methoxy groups -OCH3 is 1. The molecule has 1 atom stereocenters. The van der Waals surface area contributed by atoms with Crippen LogP contribution in [0.4, 0.5) is 0 Å². The molecule has 0 saturated heterocycles. The number of carbonyl (C=O) groups excluding carboxylic acids is 1. The van der Waals surface area contributed by atoms with E-state index in [9.17, 15) is 24.6 Å². The van der Waals surface area contributed by atoms with Crippen LogP contribution in [-0.2, 0) is 27.1 Å². The molecule has 10 heteroatoms. The molecule has 0 amide bonds. The molecule has 0 spiro atoms. The van der Waals surface area contributed by atoms with Crippen molar-refractivity contribution in [3.63, 3.8) is 0 Å². The van der Waals surface area contributed by atoms with Gasteiger partial charge in [-0.25, -0.2) is 14.4 Å². The second-order valence-electron chi connectivity index (χ2n) is 10.2. The Kier molecular flexibility index (Phi) is 6.05. The van der Waals surface area contributed by atoms with E-state index in [0.29, 0.717) is 51.0 Å². The minimum atomic E-state index is -1.05. The normalized spacial score (nSPS) is 15.9. The number of ether oxygens (including phenoxy) is 3. The lowest BCUT2D eigenvalue weighted by Gasteiger charge is -2.32. The van der Waals surface area contributed by atoms with Crippen LogP contribution in [0.15, 0.2) is 102 Å². The molecule has 2 N–H and O–H groups in total. The Morgan fingerprint density at radius 3 is 2.42 bits per heavy atom. The van der Waals surface area contributed by atoms with Gasteiger partial charge < -0.3 is 33.3 Å². The molecular formula is C33H22O10. The molecule has 7 rings (SSSR count). The van der Waals surface area contributed by atoms with Gasteiger partial charge in [-0.3, -0.25) is 0 Å². The molecule has 43 heavy (non-hydrogen) atoms. The van der Waals surface area contributed by atoms with Crippen molar-refractivity contribution in [2.45, 2.75) is 19.1 Å². The first kappa shape index (κ1) is 26.1. The van der Waals surface area contributed by atoms with Crippen LogP contribution < -0.4 is 16.0 Å². The lowest BCUT2D eigenvalue weighted by molar-refractivity contribution is -0.155. The Morgan fingerprint density at radius 2 is 1.60 bits per heavy atom. The van der Waals surface area contributed by atoms with Crippen LogP contribution in [0.2, 0.25) is 0 Å². The average Bonchev–Trinajstić information content (AvgIpc) is 2.96. The molecule has 2 aliphatic rings. The zero-order chi connectivity index (χ0) is 29.8. The average molecular weight is 579 g/mol. The first-order valence-corrected chi connectivity index (χ1v) is 13.3. The number of hydrogen-bond donors (Lipinski definition) is 2. The van der Waals surface area contributed by atoms with Gasteiger partial charge in [0.25, 0.3) is 6.29 Å². The molecular weight excluding hydrogens is 556 g/mol. The number of phenols is 2. The van der Waals surface area contributed by atoms with Gasteiger partial charge in [0.1, 0.15) is 34.2 Å². The summed E-state index contributed by atoms with van der Waals surface area (Å²) in [6, 6.07) is 17.1. The summed E-state index contributed by atoms with van der Waals surface area (Å²) in [6.45, 7) is 0. The molecule has 0 fully saturated rings. The zero-order valence-electron chi connectivity index (χ0n) is 22.6. The minimum Gasteiger partial charge on any atom is -0.508 e. The van der Waals surface area contributed by atoms with Crippen molar-refractivity contribution in [2.75, 3.05) is 7.11 Å². The predicted molar refractivity (Wildman–Crippen MR) is 154 cm³/mol. The Hall–Kier alpha value is -5.77. The van der Waals surface area contributed by atoms with E-state index >= 15 is 0 Å². The van der Waals surface area contributed by atoms with Gasteiger partial charge in [0.2, 0.25) is 0 Å². The Balaban J connectivity index is 1.29. The van der Waals surface area contributed by atoms with Crippen LogP contribution in [-0.4, -0.2) is 29.6 Å². The third-order valence-corrected chi connectivity index (χ3v) is 7.46. The molecule has 10 nitrogen and oxygen atoms in total. The van der Waals surface area contributed by atoms with Gasteiger partial charge in [0, 0.05) is 29.5 Å². The SMILES string of the molecule is COC1=C2C=C(Cc3cc(=O)oc4ccc(O)cc34)C(=O)OC2Oc2ccc(Cc3cc(=O)oc4cccc(O)c34)cc21. The van der Waals surface area contributed by atoms with E-state index in [2.05, 4.69) is 0 Å². The van der Waals surface area contributed by atoms with E-state index in [1.165, 1.54) is 43.5 Å². The number of fused-ring (bicyclic) bond motifs is 4. The van der Waals surface area contributed by atoms with Crippen LogP contribution in [0.1, 0.15) is 22.3 Å². The lowest BCUT2D eigenvalue weighted by Crippen LogP contribution is -2.34. The largest absolute Gasteiger partial charge is 0.508 e. The van der Waals surface area contributed by atoms with Gasteiger partial charge in [-0.15, -0.1) is 0 Å². The molecule has 2 aromatic heterocycles. The van der Waals surface area contributed by atoms with Gasteiger partial charge in [-0.05, 0) is 71.7 Å². The fraction of sp³-hybridized carbons (Fsp3) is 0.121. The van der Waals surface area contributed by atoms with Gasteiger partial charge in [-0.2, -0.15) is 0 Å². The summed E-state index contributed by atoms with van der Waals surface area (Å²) >= 11 is 0. The summed E-state index contributed by atoms with van der Waals surface area (Å²) in [5.41, 5.74) is 2.63. The summed E-state index contributed by atoms with van der Waals surface area (Å²) in [5, 5.41) is 21.4. The van der Waals surface area contributed by atoms with Crippen LogP contribution in [0.5, 0.6) is 17.2 Å². The van der Waals surface area contributed by atoms with Crippen molar-refractivity contribution in [3.05, 3.63) is 127 Å². The molecule has 0 bridgehead atoms. The van der Waals surface area contributed by atoms with E-state index in [4.69, 9.17) is 23.0 Å².